The zero-order valence-corrected chi connectivity index (χ0v) is 35.1. The Bertz CT molecular complexity index is 1850. The normalized spacial score (nSPS) is 34.9. The summed E-state index contributed by atoms with van der Waals surface area (Å²) < 4.78 is 71.0. The molecule has 0 bridgehead atoms. The second kappa shape index (κ2) is 20.3. The quantitative estimate of drug-likeness (QED) is 0.0499. The SMILES string of the molecule is CC(=N)O[C@H]1OC(COCc2ccccc2)[C@H](N=[N+]=[N-])C(C)C1O[C@@H]1OC(C)[C@H](O[C@@H]2OC[C@@H](OCc3ccccc3)C(OCc3ccccc3)C2C)C2OC(C)(C)OC21. The molecule has 15 heteroatoms. The lowest BCUT2D eigenvalue weighted by Gasteiger charge is -2.48. The highest BCUT2D eigenvalue weighted by Gasteiger charge is 2.58. The summed E-state index contributed by atoms with van der Waals surface area (Å²) in [5.74, 6) is -1.78. The average molecular weight is 831 g/mol. The molecular weight excluding hydrogens is 773 g/mol. The first-order valence-corrected chi connectivity index (χ1v) is 20.8. The summed E-state index contributed by atoms with van der Waals surface area (Å²) in [5.41, 5.74) is 12.7. The molecule has 0 saturated carbocycles. The van der Waals surface area contributed by atoms with Gasteiger partial charge in [-0.15, -0.1) is 0 Å². The first-order valence-electron chi connectivity index (χ1n) is 20.8. The minimum absolute atomic E-state index is 0.0711. The minimum atomic E-state index is -1.05. The smallest absolute Gasteiger partial charge is 0.228 e. The van der Waals surface area contributed by atoms with Gasteiger partial charge in [-0.25, -0.2) is 0 Å². The van der Waals surface area contributed by atoms with Crippen LogP contribution in [0.3, 0.4) is 0 Å². The number of nitrogens with zero attached hydrogens (tertiary/aromatic N) is 3. The van der Waals surface area contributed by atoms with Gasteiger partial charge in [0.05, 0.1) is 57.4 Å². The molecule has 0 spiro atoms. The van der Waals surface area contributed by atoms with Gasteiger partial charge >= 0.3 is 0 Å². The van der Waals surface area contributed by atoms with Crippen molar-refractivity contribution in [2.75, 3.05) is 13.2 Å². The number of fused-ring (bicyclic) bond motifs is 1. The lowest BCUT2D eigenvalue weighted by Crippen LogP contribution is -2.62. The predicted molar refractivity (Wildman–Crippen MR) is 218 cm³/mol. The van der Waals surface area contributed by atoms with E-state index >= 15 is 0 Å². The second-order valence-electron chi connectivity index (χ2n) is 16.4. The van der Waals surface area contributed by atoms with Gasteiger partial charge in [0, 0.05) is 17.8 Å². The van der Waals surface area contributed by atoms with Crippen molar-refractivity contribution in [1.29, 1.82) is 5.41 Å². The van der Waals surface area contributed by atoms with Gasteiger partial charge in [0.2, 0.25) is 6.29 Å². The number of rotatable bonds is 16. The number of hydrogen-bond acceptors (Lipinski definition) is 13. The zero-order valence-electron chi connectivity index (χ0n) is 35.1. The molecule has 60 heavy (non-hydrogen) atoms. The molecule has 0 amide bonds. The van der Waals surface area contributed by atoms with E-state index in [1.807, 2.05) is 126 Å². The molecule has 0 aromatic heterocycles. The van der Waals surface area contributed by atoms with Crippen LogP contribution in [0.25, 0.3) is 10.4 Å². The van der Waals surface area contributed by atoms with Gasteiger partial charge in [-0.1, -0.05) is 110 Å². The summed E-state index contributed by atoms with van der Waals surface area (Å²) >= 11 is 0. The molecule has 14 atom stereocenters. The predicted octanol–water partition coefficient (Wildman–Crippen LogP) is 7.46. The van der Waals surface area contributed by atoms with Crippen LogP contribution in [-0.4, -0.2) is 98.6 Å². The lowest BCUT2D eigenvalue weighted by atomic mass is 9.88. The Morgan fingerprint density at radius 1 is 0.733 bits per heavy atom. The van der Waals surface area contributed by atoms with Crippen LogP contribution < -0.4 is 0 Å². The number of hydrogen-bond donors (Lipinski definition) is 1. The number of benzene rings is 3. The molecule has 0 aliphatic carbocycles. The van der Waals surface area contributed by atoms with E-state index < -0.39 is 73.2 Å². The molecule has 4 aliphatic rings. The largest absolute Gasteiger partial charge is 0.450 e. The first-order chi connectivity index (χ1) is 29.0. The van der Waals surface area contributed by atoms with Gasteiger partial charge in [-0.3, -0.25) is 5.41 Å². The maximum atomic E-state index is 9.62. The van der Waals surface area contributed by atoms with Crippen LogP contribution >= 0.6 is 0 Å². The summed E-state index contributed by atoms with van der Waals surface area (Å²) in [7, 11) is 0. The summed E-state index contributed by atoms with van der Waals surface area (Å²) in [6.45, 7) is 12.6. The van der Waals surface area contributed by atoms with Crippen LogP contribution in [0, 0.1) is 17.2 Å². The number of nitrogens with one attached hydrogen (secondary N) is 1. The molecular formula is C45H58N4O11. The van der Waals surface area contributed by atoms with Crippen molar-refractivity contribution in [3.8, 4) is 0 Å². The second-order valence-corrected chi connectivity index (χ2v) is 16.4. The van der Waals surface area contributed by atoms with Crippen LogP contribution in [-0.2, 0) is 71.9 Å². The standard InChI is InChI=1S/C45H58N4O11/c1-27-36(48-49-47)34(25-50-22-31-16-10-7-11-17-31)56-43(55-30(4)46)38(27)57-44-41-40(59-45(5,6)60-41)39(29(3)54-44)58-42-28(2)37(52-24-33-20-14-9-15-21-33)35(26-53-42)51-23-32-18-12-8-13-19-32/h7-21,27-29,34-44,46H,22-26H2,1-6H3/t27?,28?,29?,34?,35-,36-,37?,38?,39+,40?,41?,42+,43+,44+/m1/s1. The van der Waals surface area contributed by atoms with Crippen molar-refractivity contribution in [3.05, 3.63) is 118 Å². The van der Waals surface area contributed by atoms with Gasteiger partial charge in [0.1, 0.15) is 30.5 Å². The third kappa shape index (κ3) is 10.9. The molecule has 3 aromatic rings. The van der Waals surface area contributed by atoms with E-state index in [9.17, 15) is 5.53 Å². The molecule has 3 aromatic carbocycles. The van der Waals surface area contributed by atoms with Crippen molar-refractivity contribution in [2.45, 2.75) is 141 Å². The topological polar surface area (TPSA) is 174 Å². The summed E-state index contributed by atoms with van der Waals surface area (Å²) in [6.07, 6.45) is -7.47. The highest BCUT2D eigenvalue weighted by Crippen LogP contribution is 2.43. The molecule has 7 rings (SSSR count). The molecule has 4 fully saturated rings. The Morgan fingerprint density at radius 3 is 1.93 bits per heavy atom. The number of azide groups is 1. The fourth-order valence-electron chi connectivity index (χ4n) is 8.37. The minimum Gasteiger partial charge on any atom is -0.450 e. The van der Waals surface area contributed by atoms with Crippen LogP contribution in [0.1, 0.15) is 58.2 Å². The van der Waals surface area contributed by atoms with E-state index in [4.69, 9.17) is 57.5 Å². The van der Waals surface area contributed by atoms with Crippen molar-refractivity contribution >= 4 is 5.90 Å². The van der Waals surface area contributed by atoms with E-state index in [0.29, 0.717) is 19.8 Å². The number of ether oxygens (including phenoxy) is 11. The van der Waals surface area contributed by atoms with Gasteiger partial charge in [-0.2, -0.15) is 0 Å². The van der Waals surface area contributed by atoms with Crippen LogP contribution in [0.5, 0.6) is 0 Å². The van der Waals surface area contributed by atoms with Gasteiger partial charge < -0.3 is 52.1 Å². The summed E-state index contributed by atoms with van der Waals surface area (Å²) in [5, 5.41) is 12.3. The van der Waals surface area contributed by atoms with Crippen LogP contribution in [0.2, 0.25) is 0 Å². The maximum Gasteiger partial charge on any atom is 0.228 e. The highest BCUT2D eigenvalue weighted by molar-refractivity contribution is 5.69. The van der Waals surface area contributed by atoms with Crippen molar-refractivity contribution in [1.82, 2.24) is 0 Å². The monoisotopic (exact) mass is 830 g/mol. The molecule has 4 saturated heterocycles. The molecule has 324 valence electrons. The van der Waals surface area contributed by atoms with E-state index in [1.54, 1.807) is 0 Å². The van der Waals surface area contributed by atoms with E-state index in [0.717, 1.165) is 16.7 Å². The highest BCUT2D eigenvalue weighted by atomic mass is 16.8. The Kier molecular flexibility index (Phi) is 14.9. The van der Waals surface area contributed by atoms with Crippen molar-refractivity contribution < 1.29 is 52.1 Å². The Morgan fingerprint density at radius 2 is 1.32 bits per heavy atom. The molecule has 4 heterocycles. The first kappa shape index (κ1) is 44.1. The fourth-order valence-corrected chi connectivity index (χ4v) is 8.37. The Balaban J connectivity index is 1.05. The Hall–Kier alpha value is -3.96. The maximum absolute atomic E-state index is 9.62. The van der Waals surface area contributed by atoms with E-state index in [-0.39, 0.29) is 37.2 Å². The van der Waals surface area contributed by atoms with Crippen molar-refractivity contribution in [2.24, 2.45) is 17.0 Å². The van der Waals surface area contributed by atoms with Gasteiger partial charge in [0.25, 0.3) is 0 Å². The molecule has 4 aliphatic heterocycles. The average Bonchev–Trinajstić information content (AvgIpc) is 3.57. The Labute approximate surface area is 351 Å². The van der Waals surface area contributed by atoms with E-state index in [1.165, 1.54) is 6.92 Å². The van der Waals surface area contributed by atoms with Gasteiger partial charge in [0.15, 0.2) is 24.3 Å². The van der Waals surface area contributed by atoms with E-state index in [2.05, 4.69) is 10.0 Å². The summed E-state index contributed by atoms with van der Waals surface area (Å²) in [4.78, 5) is 3.14. The molecule has 15 nitrogen and oxygen atoms in total. The van der Waals surface area contributed by atoms with Crippen LogP contribution in [0.4, 0.5) is 0 Å². The molecule has 0 radical (unpaired) electrons. The lowest BCUT2D eigenvalue weighted by molar-refractivity contribution is -0.350. The van der Waals surface area contributed by atoms with Crippen molar-refractivity contribution in [3.63, 3.8) is 0 Å². The summed E-state index contributed by atoms with van der Waals surface area (Å²) in [6, 6.07) is 29.1. The fraction of sp³-hybridized carbons (Fsp3) is 0.578. The molecule has 8 unspecified atom stereocenters. The van der Waals surface area contributed by atoms with Crippen LogP contribution in [0.15, 0.2) is 96.1 Å². The molecule has 1 N–H and O–H groups in total. The van der Waals surface area contributed by atoms with Gasteiger partial charge in [-0.05, 0) is 48.9 Å². The zero-order chi connectivity index (χ0) is 42.2. The third-order valence-electron chi connectivity index (χ3n) is 11.4. The third-order valence-corrected chi connectivity index (χ3v) is 11.4.